The summed E-state index contributed by atoms with van der Waals surface area (Å²) in [5.41, 5.74) is 1.12. The van der Waals surface area contributed by atoms with Gasteiger partial charge in [0.2, 0.25) is 5.91 Å². The number of rotatable bonds is 7. The van der Waals surface area contributed by atoms with Crippen LogP contribution in [0.15, 0.2) is 24.3 Å². The van der Waals surface area contributed by atoms with Crippen LogP contribution in [0.2, 0.25) is 5.02 Å². The fourth-order valence-corrected chi connectivity index (χ4v) is 2.72. The molecule has 0 aromatic heterocycles. The van der Waals surface area contributed by atoms with Gasteiger partial charge in [-0.15, -0.1) is 11.8 Å². The van der Waals surface area contributed by atoms with Gasteiger partial charge in [-0.2, -0.15) is 0 Å². The second-order valence-corrected chi connectivity index (χ2v) is 6.44. The molecule has 1 amide bonds. The minimum absolute atomic E-state index is 0.00366. The van der Waals surface area contributed by atoms with Gasteiger partial charge in [0.05, 0.1) is 11.8 Å². The summed E-state index contributed by atoms with van der Waals surface area (Å²) in [5, 5.41) is 3.49. The van der Waals surface area contributed by atoms with Gasteiger partial charge in [0.15, 0.2) is 5.78 Å². The van der Waals surface area contributed by atoms with Gasteiger partial charge in [-0.3, -0.25) is 9.59 Å². The molecule has 1 N–H and O–H groups in total. The third-order valence-corrected chi connectivity index (χ3v) is 4.09. The summed E-state index contributed by atoms with van der Waals surface area (Å²) < 4.78 is 0. The van der Waals surface area contributed by atoms with Crippen molar-refractivity contribution in [3.8, 4) is 0 Å². The quantitative estimate of drug-likeness (QED) is 0.840. The van der Waals surface area contributed by atoms with Crippen LogP contribution >= 0.6 is 23.4 Å². The van der Waals surface area contributed by atoms with Gasteiger partial charge in [-0.1, -0.05) is 37.6 Å². The Morgan fingerprint density at radius 3 is 2.35 bits per heavy atom. The molecule has 0 saturated heterocycles. The largest absolute Gasteiger partial charge is 0.345 e. The van der Waals surface area contributed by atoms with E-state index in [0.29, 0.717) is 10.8 Å². The fourth-order valence-electron chi connectivity index (χ4n) is 1.80. The topological polar surface area (TPSA) is 46.2 Å². The van der Waals surface area contributed by atoms with Crippen LogP contribution in [0.25, 0.3) is 0 Å². The van der Waals surface area contributed by atoms with Crippen LogP contribution in [-0.4, -0.2) is 23.5 Å². The number of nitrogens with one attached hydrogen (secondary N) is 1. The van der Waals surface area contributed by atoms with Crippen molar-refractivity contribution in [3.05, 3.63) is 34.9 Å². The van der Waals surface area contributed by atoms with Crippen molar-refractivity contribution >= 4 is 35.1 Å². The molecule has 1 aromatic rings. The van der Waals surface area contributed by atoms with Crippen LogP contribution in [0.3, 0.4) is 0 Å². The Bertz CT molecular complexity index is 459. The minimum atomic E-state index is -0.390. The first-order valence-corrected chi connectivity index (χ1v) is 8.05. The molecule has 0 bridgehead atoms. The standard InChI is InChI=1S/C15H20ClNO2S/c1-10(2)15(11(3)18)17-14(19)9-20-8-12-4-6-13(16)7-5-12/h4-7,10,15H,8-9H2,1-3H3,(H,17,19). The summed E-state index contributed by atoms with van der Waals surface area (Å²) in [4.78, 5) is 23.2. The van der Waals surface area contributed by atoms with E-state index in [4.69, 9.17) is 11.6 Å². The molecule has 0 aliphatic rings. The first-order chi connectivity index (χ1) is 9.40. The van der Waals surface area contributed by atoms with Crippen molar-refractivity contribution < 1.29 is 9.59 Å². The zero-order valence-electron chi connectivity index (χ0n) is 12.0. The maximum atomic E-state index is 11.8. The summed E-state index contributed by atoms with van der Waals surface area (Å²) in [5.74, 6) is 1.10. The fraction of sp³-hybridized carbons (Fsp3) is 0.467. The second kappa shape index (κ2) is 8.32. The van der Waals surface area contributed by atoms with Gasteiger partial charge in [0.1, 0.15) is 0 Å². The molecule has 0 aliphatic heterocycles. The van der Waals surface area contributed by atoms with Crippen LogP contribution < -0.4 is 5.32 Å². The highest BCUT2D eigenvalue weighted by molar-refractivity contribution is 7.99. The Morgan fingerprint density at radius 1 is 1.25 bits per heavy atom. The number of benzene rings is 1. The van der Waals surface area contributed by atoms with Gasteiger partial charge in [-0.25, -0.2) is 0 Å². The Hall–Kier alpha value is -1.00. The van der Waals surface area contributed by atoms with Crippen molar-refractivity contribution in [1.82, 2.24) is 5.32 Å². The minimum Gasteiger partial charge on any atom is -0.345 e. The molecule has 1 rings (SSSR count). The van der Waals surface area contributed by atoms with E-state index in [-0.39, 0.29) is 17.6 Å². The van der Waals surface area contributed by atoms with Crippen LogP contribution in [0, 0.1) is 5.92 Å². The molecule has 1 atom stereocenters. The van der Waals surface area contributed by atoms with E-state index < -0.39 is 6.04 Å². The molecule has 0 heterocycles. The molecular formula is C15H20ClNO2S. The monoisotopic (exact) mass is 313 g/mol. The lowest BCUT2D eigenvalue weighted by molar-refractivity contribution is -0.126. The van der Waals surface area contributed by atoms with Gasteiger partial charge < -0.3 is 5.32 Å². The first-order valence-electron chi connectivity index (χ1n) is 6.52. The number of ketones is 1. The van der Waals surface area contributed by atoms with Crippen LogP contribution in [0.5, 0.6) is 0 Å². The maximum absolute atomic E-state index is 11.8. The van der Waals surface area contributed by atoms with Crippen molar-refractivity contribution in [3.63, 3.8) is 0 Å². The molecule has 1 unspecified atom stereocenters. The molecule has 5 heteroatoms. The van der Waals surface area contributed by atoms with Crippen molar-refractivity contribution in [2.24, 2.45) is 5.92 Å². The van der Waals surface area contributed by atoms with Gasteiger partial charge in [0, 0.05) is 10.8 Å². The zero-order valence-corrected chi connectivity index (χ0v) is 13.6. The number of hydrogen-bond donors (Lipinski definition) is 1. The van der Waals surface area contributed by atoms with Gasteiger partial charge in [-0.05, 0) is 30.5 Å². The molecule has 110 valence electrons. The summed E-state index contributed by atoms with van der Waals surface area (Å²) in [6.45, 7) is 5.35. The number of halogens is 1. The molecule has 0 spiro atoms. The Kier molecular flexibility index (Phi) is 7.10. The third kappa shape index (κ3) is 5.97. The van der Waals surface area contributed by atoms with Crippen molar-refractivity contribution in [2.75, 3.05) is 5.75 Å². The van der Waals surface area contributed by atoms with E-state index in [9.17, 15) is 9.59 Å². The Morgan fingerprint density at radius 2 is 1.85 bits per heavy atom. The van der Waals surface area contributed by atoms with E-state index in [1.807, 2.05) is 38.1 Å². The summed E-state index contributed by atoms with van der Waals surface area (Å²) >= 11 is 7.33. The van der Waals surface area contributed by atoms with Crippen LogP contribution in [0.1, 0.15) is 26.3 Å². The van der Waals surface area contributed by atoms with Gasteiger partial charge >= 0.3 is 0 Å². The lowest BCUT2D eigenvalue weighted by atomic mass is 10.0. The maximum Gasteiger partial charge on any atom is 0.230 e. The zero-order chi connectivity index (χ0) is 15.1. The highest BCUT2D eigenvalue weighted by Gasteiger charge is 2.20. The highest BCUT2D eigenvalue weighted by Crippen LogP contribution is 2.15. The number of carbonyl (C=O) groups is 2. The van der Waals surface area contributed by atoms with E-state index >= 15 is 0 Å². The van der Waals surface area contributed by atoms with E-state index in [2.05, 4.69) is 5.32 Å². The molecule has 0 saturated carbocycles. The predicted molar refractivity (Wildman–Crippen MR) is 85.1 cm³/mol. The highest BCUT2D eigenvalue weighted by atomic mass is 35.5. The van der Waals surface area contributed by atoms with Crippen LogP contribution in [-0.2, 0) is 15.3 Å². The molecular weight excluding hydrogens is 294 g/mol. The van der Waals surface area contributed by atoms with Crippen molar-refractivity contribution in [1.29, 1.82) is 0 Å². The first kappa shape index (κ1) is 17.1. The molecule has 0 fully saturated rings. The number of thioether (sulfide) groups is 1. The SMILES string of the molecule is CC(=O)C(NC(=O)CSCc1ccc(Cl)cc1)C(C)C. The molecule has 0 radical (unpaired) electrons. The number of amides is 1. The number of hydrogen-bond acceptors (Lipinski definition) is 3. The number of carbonyl (C=O) groups excluding carboxylic acids is 2. The Balaban J connectivity index is 2.36. The van der Waals surface area contributed by atoms with E-state index in [0.717, 1.165) is 11.3 Å². The molecule has 1 aromatic carbocycles. The summed E-state index contributed by atoms with van der Waals surface area (Å²) in [6.07, 6.45) is 0. The van der Waals surface area contributed by atoms with Crippen LogP contribution in [0.4, 0.5) is 0 Å². The van der Waals surface area contributed by atoms with Gasteiger partial charge in [0.25, 0.3) is 0 Å². The Labute approximate surface area is 129 Å². The predicted octanol–water partition coefficient (Wildman–Crippen LogP) is 3.30. The molecule has 20 heavy (non-hydrogen) atoms. The average Bonchev–Trinajstić information content (AvgIpc) is 2.37. The lowest BCUT2D eigenvalue weighted by Crippen LogP contribution is -2.44. The second-order valence-electron chi connectivity index (χ2n) is 5.02. The third-order valence-electron chi connectivity index (χ3n) is 2.84. The number of Topliss-reactive ketones (excluding diaryl/α,β-unsaturated/α-hetero) is 1. The van der Waals surface area contributed by atoms with Crippen molar-refractivity contribution in [2.45, 2.75) is 32.6 Å². The lowest BCUT2D eigenvalue weighted by Gasteiger charge is -2.19. The smallest absolute Gasteiger partial charge is 0.230 e. The normalized spacial score (nSPS) is 12.2. The summed E-state index contributed by atoms with van der Waals surface area (Å²) in [7, 11) is 0. The molecule has 3 nitrogen and oxygen atoms in total. The molecule has 0 aliphatic carbocycles. The average molecular weight is 314 g/mol. The summed E-state index contributed by atoms with van der Waals surface area (Å²) in [6, 6.07) is 7.17. The van der Waals surface area contributed by atoms with E-state index in [1.54, 1.807) is 0 Å². The van der Waals surface area contributed by atoms with E-state index in [1.165, 1.54) is 18.7 Å².